The number of carbonyl (C=O) groups excluding carboxylic acids is 1. The van der Waals surface area contributed by atoms with E-state index in [1.165, 1.54) is 34.9 Å². The molecule has 1 aliphatic rings. The normalized spacial score (nSPS) is 18.6. The number of hydrogen-bond donors (Lipinski definition) is 1. The van der Waals surface area contributed by atoms with Crippen LogP contribution in [-0.2, 0) is 4.79 Å². The van der Waals surface area contributed by atoms with Gasteiger partial charge in [0.1, 0.15) is 5.82 Å². The molecule has 1 fully saturated rings. The van der Waals surface area contributed by atoms with Crippen LogP contribution in [0.1, 0.15) is 16.8 Å². The van der Waals surface area contributed by atoms with Crippen LogP contribution in [0.25, 0.3) is 0 Å². The number of amides is 1. The molecule has 0 aromatic heterocycles. The van der Waals surface area contributed by atoms with Gasteiger partial charge < -0.3 is 10.0 Å². The van der Waals surface area contributed by atoms with Crippen molar-refractivity contribution in [2.45, 2.75) is 11.3 Å². The molecule has 0 radical (unpaired) electrons. The maximum Gasteiger partial charge on any atom is 0.308 e. The molecule has 102 valence electrons. The van der Waals surface area contributed by atoms with Gasteiger partial charge in [0.2, 0.25) is 0 Å². The predicted octanol–water partition coefficient (Wildman–Crippen LogP) is 2.09. The third-order valence-corrected chi connectivity index (χ3v) is 3.98. The molecule has 1 aromatic rings. The highest BCUT2D eigenvalue weighted by Gasteiger charge is 2.31. The molecule has 2 rings (SSSR count). The smallest absolute Gasteiger partial charge is 0.308 e. The summed E-state index contributed by atoms with van der Waals surface area (Å²) in [7, 11) is 0. The topological polar surface area (TPSA) is 57.6 Å². The Morgan fingerprint density at radius 3 is 2.79 bits per heavy atom. The lowest BCUT2D eigenvalue weighted by atomic mass is 10.1. The first kappa shape index (κ1) is 13.9. The van der Waals surface area contributed by atoms with E-state index < -0.39 is 11.9 Å². The van der Waals surface area contributed by atoms with E-state index in [9.17, 15) is 14.0 Å². The summed E-state index contributed by atoms with van der Waals surface area (Å²) in [6.45, 7) is 0.655. The van der Waals surface area contributed by atoms with E-state index in [1.807, 2.05) is 0 Å². The fraction of sp³-hybridized carbons (Fsp3) is 0.385. The average Bonchev–Trinajstić information content (AvgIpc) is 2.88. The van der Waals surface area contributed by atoms with Crippen LogP contribution in [0.3, 0.4) is 0 Å². The summed E-state index contributed by atoms with van der Waals surface area (Å²) in [4.78, 5) is 25.0. The van der Waals surface area contributed by atoms with Crippen molar-refractivity contribution in [3.8, 4) is 0 Å². The van der Waals surface area contributed by atoms with Gasteiger partial charge in [-0.2, -0.15) is 0 Å². The molecule has 0 spiro atoms. The number of rotatable bonds is 3. The van der Waals surface area contributed by atoms with E-state index in [-0.39, 0.29) is 18.3 Å². The van der Waals surface area contributed by atoms with Crippen molar-refractivity contribution in [3.63, 3.8) is 0 Å². The van der Waals surface area contributed by atoms with Gasteiger partial charge in [0.25, 0.3) is 5.91 Å². The number of thioether (sulfide) groups is 1. The minimum atomic E-state index is -0.876. The zero-order valence-corrected chi connectivity index (χ0v) is 11.2. The Hall–Kier alpha value is -1.56. The maximum atomic E-state index is 13.4. The molecule has 1 heterocycles. The Kier molecular flexibility index (Phi) is 4.09. The highest BCUT2D eigenvalue weighted by molar-refractivity contribution is 7.98. The van der Waals surface area contributed by atoms with Crippen LogP contribution in [0.2, 0.25) is 0 Å². The lowest BCUT2D eigenvalue weighted by Crippen LogP contribution is -2.30. The Balaban J connectivity index is 2.14. The van der Waals surface area contributed by atoms with Crippen LogP contribution in [0.5, 0.6) is 0 Å². The number of halogens is 1. The first-order valence-corrected chi connectivity index (χ1v) is 7.11. The lowest BCUT2D eigenvalue weighted by Gasteiger charge is -2.16. The summed E-state index contributed by atoms with van der Waals surface area (Å²) in [5.41, 5.74) is 0.400. The minimum absolute atomic E-state index is 0.222. The van der Waals surface area contributed by atoms with Gasteiger partial charge in [-0.15, -0.1) is 11.8 Å². The van der Waals surface area contributed by atoms with Crippen LogP contribution < -0.4 is 0 Å². The van der Waals surface area contributed by atoms with Gasteiger partial charge >= 0.3 is 5.97 Å². The molecule has 1 aromatic carbocycles. The zero-order valence-electron chi connectivity index (χ0n) is 10.4. The molecule has 1 amide bonds. The third-order valence-electron chi connectivity index (χ3n) is 3.22. The molecular weight excluding hydrogens is 269 g/mol. The minimum Gasteiger partial charge on any atom is -0.481 e. The number of hydrogen-bond acceptors (Lipinski definition) is 3. The molecule has 0 bridgehead atoms. The van der Waals surface area contributed by atoms with Crippen LogP contribution in [0.15, 0.2) is 23.1 Å². The number of benzene rings is 1. The van der Waals surface area contributed by atoms with Crippen LogP contribution in [-0.4, -0.2) is 41.2 Å². The Morgan fingerprint density at radius 2 is 2.21 bits per heavy atom. The van der Waals surface area contributed by atoms with E-state index in [4.69, 9.17) is 5.11 Å². The van der Waals surface area contributed by atoms with E-state index in [2.05, 4.69) is 0 Å². The van der Waals surface area contributed by atoms with E-state index in [1.54, 1.807) is 6.26 Å². The molecule has 0 aliphatic carbocycles. The van der Waals surface area contributed by atoms with Crippen LogP contribution >= 0.6 is 11.8 Å². The standard InChI is InChI=1S/C13H14FNO3S/c1-19-11-6-8(2-3-10(11)14)12(16)15-5-4-9(7-15)13(17)18/h2-3,6,9H,4-5,7H2,1H3,(H,17,18). The van der Waals surface area contributed by atoms with Gasteiger partial charge in [0, 0.05) is 23.5 Å². The highest BCUT2D eigenvalue weighted by Crippen LogP contribution is 2.23. The van der Waals surface area contributed by atoms with Crippen molar-refractivity contribution < 1.29 is 19.1 Å². The fourth-order valence-electron chi connectivity index (χ4n) is 2.12. The second kappa shape index (κ2) is 5.61. The van der Waals surface area contributed by atoms with Crippen LogP contribution in [0, 0.1) is 11.7 Å². The highest BCUT2D eigenvalue weighted by atomic mass is 32.2. The molecular formula is C13H14FNO3S. The number of aliphatic carboxylic acids is 1. The SMILES string of the molecule is CSc1cc(C(=O)N2CCC(C(=O)O)C2)ccc1F. The third kappa shape index (κ3) is 2.89. The quantitative estimate of drug-likeness (QED) is 0.863. The average molecular weight is 283 g/mol. The number of nitrogens with zero attached hydrogens (tertiary/aromatic N) is 1. The summed E-state index contributed by atoms with van der Waals surface area (Å²) in [6.07, 6.45) is 2.21. The molecule has 6 heteroatoms. The Bertz CT molecular complexity index is 521. The molecule has 0 saturated carbocycles. The van der Waals surface area contributed by atoms with E-state index in [0.717, 1.165) is 0 Å². The lowest BCUT2D eigenvalue weighted by molar-refractivity contribution is -0.141. The molecule has 1 atom stereocenters. The predicted molar refractivity (Wildman–Crippen MR) is 69.8 cm³/mol. The summed E-state index contributed by atoms with van der Waals surface area (Å²) in [6, 6.07) is 4.21. The second-order valence-electron chi connectivity index (χ2n) is 4.42. The monoisotopic (exact) mass is 283 g/mol. The maximum absolute atomic E-state index is 13.4. The summed E-state index contributed by atoms with van der Waals surface area (Å²) in [5, 5.41) is 8.91. The largest absolute Gasteiger partial charge is 0.481 e. The van der Waals surface area contributed by atoms with Gasteiger partial charge in [0.15, 0.2) is 0 Å². The molecule has 1 saturated heterocycles. The first-order chi connectivity index (χ1) is 9.02. The van der Waals surface area contributed by atoms with Gasteiger partial charge in [-0.1, -0.05) is 0 Å². The van der Waals surface area contributed by atoms with Crippen molar-refractivity contribution in [1.82, 2.24) is 4.90 Å². The zero-order chi connectivity index (χ0) is 14.0. The van der Waals surface area contributed by atoms with Crippen molar-refractivity contribution in [1.29, 1.82) is 0 Å². The molecule has 1 unspecified atom stereocenters. The van der Waals surface area contributed by atoms with Gasteiger partial charge in [-0.05, 0) is 30.9 Å². The van der Waals surface area contributed by atoms with Crippen molar-refractivity contribution in [3.05, 3.63) is 29.6 Å². The van der Waals surface area contributed by atoms with Crippen molar-refractivity contribution in [2.75, 3.05) is 19.3 Å². The van der Waals surface area contributed by atoms with Gasteiger partial charge in [-0.25, -0.2) is 4.39 Å². The van der Waals surface area contributed by atoms with Crippen molar-refractivity contribution in [2.24, 2.45) is 5.92 Å². The molecule has 19 heavy (non-hydrogen) atoms. The molecule has 4 nitrogen and oxygen atoms in total. The Labute approximate surface area is 114 Å². The van der Waals surface area contributed by atoms with Crippen molar-refractivity contribution >= 4 is 23.6 Å². The van der Waals surface area contributed by atoms with E-state index >= 15 is 0 Å². The van der Waals surface area contributed by atoms with Gasteiger partial charge in [0.05, 0.1) is 5.92 Å². The molecule has 1 aliphatic heterocycles. The Morgan fingerprint density at radius 1 is 1.47 bits per heavy atom. The number of carbonyl (C=O) groups is 2. The number of carboxylic acids is 1. The second-order valence-corrected chi connectivity index (χ2v) is 5.27. The fourth-order valence-corrected chi connectivity index (χ4v) is 2.63. The summed E-state index contributed by atoms with van der Waals surface area (Å²) < 4.78 is 13.4. The van der Waals surface area contributed by atoms with Crippen LogP contribution in [0.4, 0.5) is 4.39 Å². The van der Waals surface area contributed by atoms with Gasteiger partial charge in [-0.3, -0.25) is 9.59 Å². The summed E-state index contributed by atoms with van der Waals surface area (Å²) >= 11 is 1.24. The number of carboxylic acid groups (broad SMARTS) is 1. The first-order valence-electron chi connectivity index (χ1n) is 5.88. The summed E-state index contributed by atoms with van der Waals surface area (Å²) in [5.74, 6) is -1.96. The van der Waals surface area contributed by atoms with E-state index in [0.29, 0.717) is 23.4 Å². The number of likely N-dealkylation sites (tertiary alicyclic amines) is 1. The molecule has 1 N–H and O–H groups in total.